The minimum atomic E-state index is -4.19. The van der Waals surface area contributed by atoms with Crippen LogP contribution in [0.5, 0.6) is 0 Å². The Morgan fingerprint density at radius 2 is 1.81 bits per heavy atom. The second kappa shape index (κ2) is 7.70. The molecule has 0 amide bonds. The lowest BCUT2D eigenvalue weighted by molar-refractivity contribution is 0.0527. The summed E-state index contributed by atoms with van der Waals surface area (Å²) in [5.74, 6) is -1.40. The minimum Gasteiger partial charge on any atom is -0.461 e. The molecule has 106 valence electrons. The second-order valence-electron chi connectivity index (χ2n) is 4.32. The van der Waals surface area contributed by atoms with Gasteiger partial charge in [-0.15, -0.1) is 0 Å². The van der Waals surface area contributed by atoms with Gasteiger partial charge in [-0.25, -0.2) is 4.79 Å². The summed E-state index contributed by atoms with van der Waals surface area (Å²) in [4.78, 5) is 12.0. The zero-order valence-corrected chi connectivity index (χ0v) is 12.2. The van der Waals surface area contributed by atoms with Crippen LogP contribution in [0.4, 0.5) is 0 Å². The van der Waals surface area contributed by atoms with Crippen molar-refractivity contribution in [2.45, 2.75) is 19.0 Å². The molecule has 0 spiro atoms. The van der Waals surface area contributed by atoms with Crippen molar-refractivity contribution < 1.29 is 22.5 Å². The standard InChI is InChI=1S/C12H13B3O5S/c13-5-8-3-9(6-14)11(7-15)10(4-8)12(16)20-1-2-21(17,18)19/h3-4H,1-2,5-7H2,(H,17,18,19). The highest BCUT2D eigenvalue weighted by Gasteiger charge is 2.16. The van der Waals surface area contributed by atoms with Crippen LogP contribution in [0, 0.1) is 0 Å². The van der Waals surface area contributed by atoms with Crippen LogP contribution >= 0.6 is 0 Å². The Bertz CT molecular complexity index is 616. The minimum absolute atomic E-state index is 0.0834. The van der Waals surface area contributed by atoms with Crippen LogP contribution in [0.2, 0.25) is 0 Å². The molecular weight excluding hydrogens is 289 g/mol. The van der Waals surface area contributed by atoms with Crippen molar-refractivity contribution >= 4 is 39.6 Å². The highest BCUT2D eigenvalue weighted by molar-refractivity contribution is 7.85. The van der Waals surface area contributed by atoms with E-state index in [1.54, 1.807) is 6.07 Å². The van der Waals surface area contributed by atoms with Crippen LogP contribution < -0.4 is 0 Å². The van der Waals surface area contributed by atoms with Gasteiger partial charge in [0.05, 0.1) is 29.1 Å². The van der Waals surface area contributed by atoms with Gasteiger partial charge in [-0.3, -0.25) is 4.55 Å². The molecular formula is C12H13B3O5S. The molecule has 0 aromatic heterocycles. The summed E-state index contributed by atoms with van der Waals surface area (Å²) < 4.78 is 34.6. The maximum Gasteiger partial charge on any atom is 0.338 e. The molecule has 0 atom stereocenters. The van der Waals surface area contributed by atoms with E-state index in [1.165, 1.54) is 6.07 Å². The Morgan fingerprint density at radius 3 is 2.29 bits per heavy atom. The molecule has 21 heavy (non-hydrogen) atoms. The van der Waals surface area contributed by atoms with Crippen LogP contribution in [0.1, 0.15) is 27.0 Å². The predicted molar refractivity (Wildman–Crippen MR) is 81.5 cm³/mol. The number of esters is 1. The fourth-order valence-electron chi connectivity index (χ4n) is 1.84. The molecule has 0 aliphatic rings. The van der Waals surface area contributed by atoms with E-state index in [2.05, 4.69) is 0 Å². The quantitative estimate of drug-likeness (QED) is 0.426. The summed E-state index contributed by atoms with van der Waals surface area (Å²) in [5.41, 5.74) is 2.11. The van der Waals surface area contributed by atoms with Gasteiger partial charge in [0.15, 0.2) is 0 Å². The number of ether oxygens (including phenoxy) is 1. The Balaban J connectivity index is 3.01. The molecule has 0 unspecified atom stereocenters. The highest BCUT2D eigenvalue weighted by Crippen LogP contribution is 2.19. The molecule has 6 radical (unpaired) electrons. The molecule has 0 saturated heterocycles. The van der Waals surface area contributed by atoms with Gasteiger partial charge >= 0.3 is 5.97 Å². The molecule has 9 heteroatoms. The molecule has 0 aliphatic carbocycles. The summed E-state index contributed by atoms with van der Waals surface area (Å²) in [6.07, 6.45) is 0.481. The van der Waals surface area contributed by atoms with Gasteiger partial charge in [0.1, 0.15) is 12.4 Å². The fraction of sp³-hybridized carbons (Fsp3) is 0.417. The van der Waals surface area contributed by atoms with Crippen molar-refractivity contribution in [3.8, 4) is 0 Å². The third kappa shape index (κ3) is 5.24. The second-order valence-corrected chi connectivity index (χ2v) is 5.89. The van der Waals surface area contributed by atoms with Crippen molar-refractivity contribution in [3.63, 3.8) is 0 Å². The lowest BCUT2D eigenvalue weighted by atomic mass is 9.81. The molecule has 1 N–H and O–H groups in total. The van der Waals surface area contributed by atoms with Crippen LogP contribution in [0.25, 0.3) is 0 Å². The van der Waals surface area contributed by atoms with Crippen molar-refractivity contribution in [2.24, 2.45) is 0 Å². The fourth-order valence-corrected chi connectivity index (χ4v) is 2.13. The molecule has 1 aromatic rings. The molecule has 5 nitrogen and oxygen atoms in total. The lowest BCUT2D eigenvalue weighted by Crippen LogP contribution is -2.17. The molecule has 0 aliphatic heterocycles. The maximum absolute atomic E-state index is 12.0. The highest BCUT2D eigenvalue weighted by atomic mass is 32.2. The van der Waals surface area contributed by atoms with E-state index in [9.17, 15) is 13.2 Å². The molecule has 0 bridgehead atoms. The normalized spacial score (nSPS) is 11.3. The van der Waals surface area contributed by atoms with Crippen molar-refractivity contribution in [2.75, 3.05) is 12.4 Å². The molecule has 0 fully saturated rings. The van der Waals surface area contributed by atoms with E-state index in [0.717, 1.165) is 0 Å². The summed E-state index contributed by atoms with van der Waals surface area (Å²) in [6.45, 7) is -0.452. The van der Waals surface area contributed by atoms with Crippen LogP contribution in [-0.2, 0) is 33.8 Å². The van der Waals surface area contributed by atoms with E-state index in [1.807, 2.05) is 0 Å². The van der Waals surface area contributed by atoms with Gasteiger partial charge < -0.3 is 4.74 Å². The molecule has 0 saturated carbocycles. The zero-order valence-electron chi connectivity index (χ0n) is 11.4. The number of carbonyl (C=O) groups excluding carboxylic acids is 1. The van der Waals surface area contributed by atoms with E-state index in [4.69, 9.17) is 32.8 Å². The Labute approximate surface area is 128 Å². The molecule has 1 rings (SSSR count). The van der Waals surface area contributed by atoms with Crippen LogP contribution in [0.3, 0.4) is 0 Å². The Kier molecular flexibility index (Phi) is 6.55. The Hall–Kier alpha value is -1.21. The molecule has 1 aromatic carbocycles. The average Bonchev–Trinajstić information content (AvgIpc) is 2.44. The monoisotopic (exact) mass is 302 g/mol. The van der Waals surface area contributed by atoms with Gasteiger partial charge in [-0.1, -0.05) is 36.2 Å². The third-order valence-electron chi connectivity index (χ3n) is 2.86. The zero-order chi connectivity index (χ0) is 16.0. The summed E-state index contributed by atoms with van der Waals surface area (Å²) >= 11 is 0. The van der Waals surface area contributed by atoms with Gasteiger partial charge in [-0.2, -0.15) is 8.42 Å². The van der Waals surface area contributed by atoms with E-state index < -0.39 is 28.4 Å². The maximum atomic E-state index is 12.0. The van der Waals surface area contributed by atoms with Gasteiger partial charge in [0.25, 0.3) is 10.1 Å². The number of hydrogen-bond donors (Lipinski definition) is 1. The smallest absolute Gasteiger partial charge is 0.338 e. The summed E-state index contributed by atoms with van der Waals surface area (Å²) in [7, 11) is 12.6. The van der Waals surface area contributed by atoms with Crippen LogP contribution in [-0.4, -0.2) is 54.8 Å². The first-order chi connectivity index (χ1) is 9.82. The van der Waals surface area contributed by atoms with Crippen molar-refractivity contribution in [1.29, 1.82) is 0 Å². The predicted octanol–water partition coefficient (Wildman–Crippen LogP) is -0.263. The van der Waals surface area contributed by atoms with E-state index in [0.29, 0.717) is 16.7 Å². The summed E-state index contributed by atoms with van der Waals surface area (Å²) in [6, 6.07) is 3.30. The number of hydrogen-bond acceptors (Lipinski definition) is 4. The third-order valence-corrected chi connectivity index (χ3v) is 3.54. The topological polar surface area (TPSA) is 80.7 Å². The lowest BCUT2D eigenvalue weighted by Gasteiger charge is -2.14. The van der Waals surface area contributed by atoms with E-state index >= 15 is 0 Å². The van der Waals surface area contributed by atoms with Gasteiger partial charge in [0, 0.05) is 0 Å². The van der Waals surface area contributed by atoms with Crippen molar-refractivity contribution in [1.82, 2.24) is 0 Å². The average molecular weight is 302 g/mol. The largest absolute Gasteiger partial charge is 0.461 e. The SMILES string of the molecule is [B]Cc1cc(C[B])c(C[B])c(C(=O)OCCS(=O)(=O)O)c1. The first kappa shape index (κ1) is 17.8. The summed E-state index contributed by atoms with van der Waals surface area (Å²) in [5, 5.41) is 0. The first-order valence-electron chi connectivity index (χ1n) is 6.19. The van der Waals surface area contributed by atoms with Gasteiger partial charge in [0.2, 0.25) is 0 Å². The van der Waals surface area contributed by atoms with Crippen LogP contribution in [0.15, 0.2) is 12.1 Å². The van der Waals surface area contributed by atoms with Gasteiger partial charge in [-0.05, 0) is 11.6 Å². The molecule has 0 heterocycles. The number of carbonyl (C=O) groups is 1. The number of benzene rings is 1. The first-order valence-corrected chi connectivity index (χ1v) is 7.80. The van der Waals surface area contributed by atoms with E-state index in [-0.39, 0.29) is 24.5 Å². The number of rotatable bonds is 7. The van der Waals surface area contributed by atoms with Crippen molar-refractivity contribution in [3.05, 3.63) is 34.4 Å². The Morgan fingerprint density at radius 1 is 1.14 bits per heavy atom.